The van der Waals surface area contributed by atoms with Crippen LogP contribution in [0.3, 0.4) is 0 Å². The first-order valence-electron chi connectivity index (χ1n) is 10.9. The van der Waals surface area contributed by atoms with Crippen LogP contribution in [-0.2, 0) is 6.54 Å². The van der Waals surface area contributed by atoms with Crippen LogP contribution < -0.4 is 10.6 Å². The maximum atomic E-state index is 12.6. The standard InChI is InChI=1S/C24H22Cl2N4O3/c25-16-3-1-14(2-4-16)24-30-29-22(33-24)13-27-18-6-8-19(9-7-18)28-23(31)21-12-15-11-17(26)5-10-20(15)32-21/h1-5,10-12,18-19,27H,6-9,13H2,(H,28,31)/t18-,19-. The van der Waals surface area contributed by atoms with Gasteiger partial charge >= 0.3 is 0 Å². The molecular weight excluding hydrogens is 463 g/mol. The van der Waals surface area contributed by atoms with Gasteiger partial charge in [-0.1, -0.05) is 23.2 Å². The third-order valence-corrected chi connectivity index (χ3v) is 6.35. The lowest BCUT2D eigenvalue weighted by Gasteiger charge is -2.29. The second-order valence-corrected chi connectivity index (χ2v) is 9.08. The highest BCUT2D eigenvalue weighted by atomic mass is 35.5. The van der Waals surface area contributed by atoms with Crippen LogP contribution in [0.25, 0.3) is 22.4 Å². The van der Waals surface area contributed by atoms with Crippen molar-refractivity contribution in [1.82, 2.24) is 20.8 Å². The Balaban J connectivity index is 1.09. The van der Waals surface area contributed by atoms with E-state index in [0.29, 0.717) is 45.8 Å². The summed E-state index contributed by atoms with van der Waals surface area (Å²) in [7, 11) is 0. The molecule has 0 unspecified atom stereocenters. The van der Waals surface area contributed by atoms with Crippen molar-refractivity contribution < 1.29 is 13.6 Å². The van der Waals surface area contributed by atoms with Crippen molar-refractivity contribution in [2.75, 3.05) is 0 Å². The maximum absolute atomic E-state index is 12.6. The summed E-state index contributed by atoms with van der Waals surface area (Å²) < 4.78 is 11.4. The van der Waals surface area contributed by atoms with E-state index in [1.54, 1.807) is 36.4 Å². The lowest BCUT2D eigenvalue weighted by atomic mass is 9.91. The van der Waals surface area contributed by atoms with Crippen LogP contribution >= 0.6 is 23.2 Å². The predicted octanol–water partition coefficient (Wildman–Crippen LogP) is 5.62. The Morgan fingerprint density at radius 1 is 0.909 bits per heavy atom. The largest absolute Gasteiger partial charge is 0.451 e. The van der Waals surface area contributed by atoms with E-state index in [9.17, 15) is 4.79 Å². The van der Waals surface area contributed by atoms with E-state index < -0.39 is 0 Å². The van der Waals surface area contributed by atoms with Gasteiger partial charge in [-0.3, -0.25) is 4.79 Å². The minimum absolute atomic E-state index is 0.118. The average molecular weight is 485 g/mol. The van der Waals surface area contributed by atoms with Crippen molar-refractivity contribution in [3.05, 3.63) is 70.2 Å². The van der Waals surface area contributed by atoms with Crippen molar-refractivity contribution in [1.29, 1.82) is 0 Å². The maximum Gasteiger partial charge on any atom is 0.287 e. The zero-order valence-corrected chi connectivity index (χ0v) is 19.2. The lowest BCUT2D eigenvalue weighted by molar-refractivity contribution is 0.0898. The van der Waals surface area contributed by atoms with Crippen LogP contribution in [0.2, 0.25) is 10.0 Å². The van der Waals surface area contributed by atoms with Gasteiger partial charge in [-0.05, 0) is 74.2 Å². The summed E-state index contributed by atoms with van der Waals surface area (Å²) in [6, 6.07) is 14.8. The number of hydrogen-bond acceptors (Lipinski definition) is 6. The van der Waals surface area contributed by atoms with Crippen molar-refractivity contribution in [2.45, 2.75) is 44.3 Å². The van der Waals surface area contributed by atoms with Crippen LogP contribution in [0, 0.1) is 0 Å². The van der Waals surface area contributed by atoms with E-state index in [2.05, 4.69) is 20.8 Å². The number of carbonyl (C=O) groups excluding carboxylic acids is 1. The summed E-state index contributed by atoms with van der Waals surface area (Å²) in [6.07, 6.45) is 3.66. The molecule has 1 aliphatic rings. The second-order valence-electron chi connectivity index (χ2n) is 8.20. The van der Waals surface area contributed by atoms with Gasteiger partial charge < -0.3 is 19.5 Å². The molecule has 5 rings (SSSR count). The van der Waals surface area contributed by atoms with Crippen LogP contribution in [-0.4, -0.2) is 28.2 Å². The molecule has 2 aromatic carbocycles. The third kappa shape index (κ3) is 5.21. The molecule has 1 fully saturated rings. The first-order chi connectivity index (χ1) is 16.0. The summed E-state index contributed by atoms with van der Waals surface area (Å²) in [5.41, 5.74) is 1.49. The number of nitrogens with zero attached hydrogens (tertiary/aromatic N) is 2. The molecule has 0 spiro atoms. The molecule has 1 aliphatic carbocycles. The van der Waals surface area contributed by atoms with E-state index in [1.165, 1.54) is 0 Å². The van der Waals surface area contributed by atoms with Crippen LogP contribution in [0.1, 0.15) is 42.1 Å². The van der Waals surface area contributed by atoms with E-state index >= 15 is 0 Å². The number of amides is 1. The van der Waals surface area contributed by atoms with Gasteiger partial charge in [-0.2, -0.15) is 0 Å². The van der Waals surface area contributed by atoms with Crippen molar-refractivity contribution >= 4 is 40.1 Å². The van der Waals surface area contributed by atoms with Gasteiger partial charge in [-0.15, -0.1) is 10.2 Å². The molecule has 1 saturated carbocycles. The molecule has 7 nitrogen and oxygen atoms in total. The Morgan fingerprint density at radius 2 is 1.64 bits per heavy atom. The van der Waals surface area contributed by atoms with Crippen molar-refractivity contribution in [2.24, 2.45) is 0 Å². The number of furan rings is 1. The molecule has 1 amide bonds. The number of rotatable bonds is 6. The summed E-state index contributed by atoms with van der Waals surface area (Å²) in [5.74, 6) is 1.13. The molecule has 0 atom stereocenters. The number of halogens is 2. The van der Waals surface area contributed by atoms with E-state index in [4.69, 9.17) is 32.0 Å². The summed E-state index contributed by atoms with van der Waals surface area (Å²) in [5, 5.41) is 16.9. The zero-order valence-electron chi connectivity index (χ0n) is 17.7. The normalized spacial score (nSPS) is 18.5. The average Bonchev–Trinajstić information content (AvgIpc) is 3.46. The van der Waals surface area contributed by atoms with Gasteiger partial charge in [0.05, 0.1) is 6.54 Å². The zero-order chi connectivity index (χ0) is 22.8. The highest BCUT2D eigenvalue weighted by Gasteiger charge is 2.24. The summed E-state index contributed by atoms with van der Waals surface area (Å²) in [6.45, 7) is 0.504. The monoisotopic (exact) mass is 484 g/mol. The fourth-order valence-corrected chi connectivity index (χ4v) is 4.40. The minimum atomic E-state index is -0.195. The summed E-state index contributed by atoms with van der Waals surface area (Å²) >= 11 is 11.9. The van der Waals surface area contributed by atoms with Crippen LogP contribution in [0.4, 0.5) is 0 Å². The molecule has 33 heavy (non-hydrogen) atoms. The smallest absolute Gasteiger partial charge is 0.287 e. The highest BCUT2D eigenvalue weighted by Crippen LogP contribution is 2.25. The number of benzene rings is 2. The van der Waals surface area contributed by atoms with Crippen LogP contribution in [0.15, 0.2) is 57.4 Å². The second kappa shape index (κ2) is 9.55. The SMILES string of the molecule is O=C(N[C@H]1CC[C@H](NCc2nnc(-c3ccc(Cl)cc3)o2)CC1)c1cc2cc(Cl)ccc2o1. The molecular formula is C24H22Cl2N4O3. The van der Waals surface area contributed by atoms with Gasteiger partial charge in [0, 0.05) is 33.1 Å². The molecule has 0 saturated heterocycles. The quantitative estimate of drug-likeness (QED) is 0.368. The lowest BCUT2D eigenvalue weighted by Crippen LogP contribution is -2.42. The van der Waals surface area contributed by atoms with Gasteiger partial charge in [0.2, 0.25) is 11.8 Å². The van der Waals surface area contributed by atoms with Crippen LogP contribution in [0.5, 0.6) is 0 Å². The Bertz CT molecular complexity index is 1260. The minimum Gasteiger partial charge on any atom is -0.451 e. The van der Waals surface area contributed by atoms with Gasteiger partial charge in [0.15, 0.2) is 5.76 Å². The first kappa shape index (κ1) is 21.9. The molecule has 0 radical (unpaired) electrons. The first-order valence-corrected chi connectivity index (χ1v) is 11.6. The number of carbonyl (C=O) groups is 1. The molecule has 2 N–H and O–H groups in total. The van der Waals surface area contributed by atoms with E-state index in [1.807, 2.05) is 12.1 Å². The topological polar surface area (TPSA) is 93.2 Å². The van der Waals surface area contributed by atoms with Crippen molar-refractivity contribution in [3.8, 4) is 11.5 Å². The fourth-order valence-electron chi connectivity index (χ4n) is 4.09. The van der Waals surface area contributed by atoms with E-state index in [0.717, 1.165) is 36.6 Å². The summed E-state index contributed by atoms with van der Waals surface area (Å²) in [4.78, 5) is 12.6. The Morgan fingerprint density at radius 3 is 2.42 bits per heavy atom. The Labute approximate surface area is 200 Å². The number of nitrogens with one attached hydrogen (secondary N) is 2. The molecule has 2 aromatic heterocycles. The fraction of sp³-hybridized carbons (Fsp3) is 0.292. The van der Waals surface area contributed by atoms with Crippen molar-refractivity contribution in [3.63, 3.8) is 0 Å². The Kier molecular flexibility index (Phi) is 6.35. The molecule has 0 bridgehead atoms. The molecule has 4 aromatic rings. The number of fused-ring (bicyclic) bond motifs is 1. The third-order valence-electron chi connectivity index (χ3n) is 5.86. The Hall–Kier alpha value is -2.87. The predicted molar refractivity (Wildman–Crippen MR) is 126 cm³/mol. The molecule has 0 aliphatic heterocycles. The van der Waals surface area contributed by atoms with Gasteiger partial charge in [0.25, 0.3) is 5.91 Å². The van der Waals surface area contributed by atoms with E-state index in [-0.39, 0.29) is 11.9 Å². The molecule has 2 heterocycles. The number of hydrogen-bond donors (Lipinski definition) is 2. The van der Waals surface area contributed by atoms with Gasteiger partial charge in [0.1, 0.15) is 5.58 Å². The number of aromatic nitrogens is 2. The molecule has 170 valence electrons. The van der Waals surface area contributed by atoms with Gasteiger partial charge in [-0.25, -0.2) is 0 Å². The highest BCUT2D eigenvalue weighted by molar-refractivity contribution is 6.31. The molecule has 9 heteroatoms.